The topological polar surface area (TPSA) is 202 Å². The lowest BCUT2D eigenvalue weighted by Crippen LogP contribution is -2.54. The largest absolute Gasteiger partial charge is 0.481 e. The number of aliphatic carboxylic acids is 2. The fraction of sp³-hybridized carbons (Fsp3) is 0.688. The minimum absolute atomic E-state index is 0.00908. The number of carbonyl (C=O) groups excluding carboxylic acids is 3. The van der Waals surface area contributed by atoms with Crippen LogP contribution in [0.25, 0.3) is 0 Å². The molecule has 3 atom stereocenters. The molecule has 8 N–H and O–H groups in total. The van der Waals surface area contributed by atoms with E-state index in [0.29, 0.717) is 0 Å². The van der Waals surface area contributed by atoms with Crippen molar-refractivity contribution >= 4 is 29.7 Å². The summed E-state index contributed by atoms with van der Waals surface area (Å²) in [4.78, 5) is 57.1. The number of hydrogen-bond donors (Lipinski definition) is 6. The van der Waals surface area contributed by atoms with E-state index in [-0.39, 0.29) is 38.0 Å². The Morgan fingerprint density at radius 1 is 0.889 bits per heavy atom. The van der Waals surface area contributed by atoms with E-state index >= 15 is 0 Å². The molecule has 0 saturated carbocycles. The Morgan fingerprint density at radius 2 is 1.44 bits per heavy atom. The Kier molecular flexibility index (Phi) is 10.7. The Morgan fingerprint density at radius 3 is 1.89 bits per heavy atom. The van der Waals surface area contributed by atoms with Crippen molar-refractivity contribution in [1.29, 1.82) is 0 Å². The average molecular weight is 388 g/mol. The number of nitrogens with two attached hydrogens (primary N) is 2. The second-order valence-electron chi connectivity index (χ2n) is 6.63. The minimum Gasteiger partial charge on any atom is -0.481 e. The summed E-state index contributed by atoms with van der Waals surface area (Å²) in [5.74, 6) is -4.59. The van der Waals surface area contributed by atoms with Crippen molar-refractivity contribution in [3.63, 3.8) is 0 Å². The molecule has 0 saturated heterocycles. The van der Waals surface area contributed by atoms with Crippen molar-refractivity contribution in [3.8, 4) is 0 Å². The maximum atomic E-state index is 12.4. The summed E-state index contributed by atoms with van der Waals surface area (Å²) in [7, 11) is 0. The zero-order valence-electron chi connectivity index (χ0n) is 15.4. The van der Waals surface area contributed by atoms with Crippen LogP contribution >= 0.6 is 0 Å². The molecule has 11 heteroatoms. The van der Waals surface area contributed by atoms with Gasteiger partial charge < -0.3 is 32.3 Å². The molecule has 0 aromatic carbocycles. The van der Waals surface area contributed by atoms with Crippen LogP contribution in [0.5, 0.6) is 0 Å². The minimum atomic E-state index is -1.34. The molecule has 0 bridgehead atoms. The van der Waals surface area contributed by atoms with E-state index < -0.39 is 47.8 Å². The van der Waals surface area contributed by atoms with Gasteiger partial charge in [0.2, 0.25) is 17.7 Å². The molecule has 0 rings (SSSR count). The van der Waals surface area contributed by atoms with Crippen LogP contribution in [-0.4, -0.2) is 58.0 Å². The summed E-state index contributed by atoms with van der Waals surface area (Å²) in [5, 5.41) is 22.5. The molecule has 0 aromatic heterocycles. The summed E-state index contributed by atoms with van der Waals surface area (Å²) in [6.07, 6.45) is -0.599. The highest BCUT2D eigenvalue weighted by Gasteiger charge is 2.28. The molecule has 3 amide bonds. The number of carboxylic acid groups (broad SMARTS) is 2. The second kappa shape index (κ2) is 11.8. The zero-order chi connectivity index (χ0) is 21.1. The highest BCUT2D eigenvalue weighted by atomic mass is 16.4. The molecule has 0 unspecified atom stereocenters. The first-order valence-electron chi connectivity index (χ1n) is 8.53. The Labute approximate surface area is 156 Å². The Balaban J connectivity index is 5.01. The van der Waals surface area contributed by atoms with Crippen LogP contribution in [-0.2, 0) is 24.0 Å². The van der Waals surface area contributed by atoms with E-state index in [1.807, 2.05) is 0 Å². The highest BCUT2D eigenvalue weighted by molar-refractivity contribution is 5.92. The maximum Gasteiger partial charge on any atom is 0.326 e. The van der Waals surface area contributed by atoms with Crippen molar-refractivity contribution in [3.05, 3.63) is 0 Å². The fourth-order valence-electron chi connectivity index (χ4n) is 2.21. The number of rotatable bonds is 13. The SMILES string of the molecule is CC(C)C[C@H](NC(=O)[C@@H](N)CCC(=O)O)C(=O)N[C@@H](CCC(N)=O)C(=O)O. The summed E-state index contributed by atoms with van der Waals surface area (Å²) in [5.41, 5.74) is 10.6. The van der Waals surface area contributed by atoms with Crippen molar-refractivity contribution in [2.45, 2.75) is 64.1 Å². The molecule has 0 aliphatic rings. The van der Waals surface area contributed by atoms with Gasteiger partial charge in [-0.05, 0) is 25.2 Å². The lowest BCUT2D eigenvalue weighted by Gasteiger charge is -2.24. The van der Waals surface area contributed by atoms with Crippen LogP contribution in [0.1, 0.15) is 46.0 Å². The highest BCUT2D eigenvalue weighted by Crippen LogP contribution is 2.08. The van der Waals surface area contributed by atoms with Crippen molar-refractivity contribution in [2.75, 3.05) is 0 Å². The molecule has 0 radical (unpaired) electrons. The van der Waals surface area contributed by atoms with E-state index in [4.69, 9.17) is 21.7 Å². The van der Waals surface area contributed by atoms with Crippen LogP contribution in [0, 0.1) is 5.92 Å². The third kappa shape index (κ3) is 10.8. The smallest absolute Gasteiger partial charge is 0.326 e. The molecular weight excluding hydrogens is 360 g/mol. The molecular formula is C16H28N4O7. The van der Waals surface area contributed by atoms with Crippen LogP contribution in [0.2, 0.25) is 0 Å². The van der Waals surface area contributed by atoms with E-state index in [2.05, 4.69) is 10.6 Å². The monoisotopic (exact) mass is 388 g/mol. The van der Waals surface area contributed by atoms with Crippen molar-refractivity contribution in [1.82, 2.24) is 10.6 Å². The zero-order valence-corrected chi connectivity index (χ0v) is 15.4. The standard InChI is InChI=1S/C16H28N4O7/c1-8(2)7-11(20-14(24)9(17)3-6-13(22)23)15(25)19-10(16(26)27)4-5-12(18)21/h8-11H,3-7,17H2,1-2H3,(H2,18,21)(H,19,25)(H,20,24)(H,22,23)(H,26,27)/t9-,10-,11-/m0/s1. The number of nitrogens with one attached hydrogen (secondary N) is 2. The lowest BCUT2D eigenvalue weighted by molar-refractivity contribution is -0.142. The molecule has 0 aromatic rings. The molecule has 0 heterocycles. The average Bonchev–Trinajstić information content (AvgIpc) is 2.54. The summed E-state index contributed by atoms with van der Waals surface area (Å²) >= 11 is 0. The number of primary amides is 1. The predicted octanol–water partition coefficient (Wildman–Crippen LogP) is -1.46. The van der Waals surface area contributed by atoms with E-state index in [1.165, 1.54) is 0 Å². The molecule has 11 nitrogen and oxygen atoms in total. The number of carboxylic acids is 2. The molecule has 0 fully saturated rings. The molecule has 0 aliphatic carbocycles. The summed E-state index contributed by atoms with van der Waals surface area (Å²) in [6.45, 7) is 3.61. The second-order valence-corrected chi connectivity index (χ2v) is 6.63. The van der Waals surface area contributed by atoms with Crippen LogP contribution < -0.4 is 22.1 Å². The normalized spacial score (nSPS) is 14.1. The Bertz CT molecular complexity index is 565. The number of carbonyl (C=O) groups is 5. The van der Waals surface area contributed by atoms with Gasteiger partial charge >= 0.3 is 11.9 Å². The van der Waals surface area contributed by atoms with Gasteiger partial charge in [-0.25, -0.2) is 4.79 Å². The summed E-state index contributed by atoms with van der Waals surface area (Å²) < 4.78 is 0. The van der Waals surface area contributed by atoms with Gasteiger partial charge in [-0.2, -0.15) is 0 Å². The van der Waals surface area contributed by atoms with Crippen LogP contribution in [0.3, 0.4) is 0 Å². The first kappa shape index (κ1) is 24.3. The van der Waals surface area contributed by atoms with Gasteiger partial charge in [0.25, 0.3) is 0 Å². The maximum absolute atomic E-state index is 12.4. The predicted molar refractivity (Wildman–Crippen MR) is 94.2 cm³/mol. The van der Waals surface area contributed by atoms with E-state index in [0.717, 1.165) is 0 Å². The molecule has 0 spiro atoms. The van der Waals surface area contributed by atoms with E-state index in [9.17, 15) is 24.0 Å². The van der Waals surface area contributed by atoms with Crippen molar-refractivity contribution in [2.24, 2.45) is 17.4 Å². The van der Waals surface area contributed by atoms with Gasteiger partial charge in [0.05, 0.1) is 6.04 Å². The first-order valence-corrected chi connectivity index (χ1v) is 8.53. The fourth-order valence-corrected chi connectivity index (χ4v) is 2.21. The van der Waals surface area contributed by atoms with Gasteiger partial charge in [0.1, 0.15) is 12.1 Å². The molecule has 154 valence electrons. The van der Waals surface area contributed by atoms with Crippen LogP contribution in [0.15, 0.2) is 0 Å². The van der Waals surface area contributed by atoms with Crippen molar-refractivity contribution < 1.29 is 34.2 Å². The number of hydrogen-bond acceptors (Lipinski definition) is 6. The lowest BCUT2D eigenvalue weighted by atomic mass is 10.0. The van der Waals surface area contributed by atoms with Gasteiger partial charge in [-0.15, -0.1) is 0 Å². The molecule has 27 heavy (non-hydrogen) atoms. The van der Waals surface area contributed by atoms with Gasteiger partial charge in [-0.3, -0.25) is 19.2 Å². The first-order chi connectivity index (χ1) is 12.4. The molecule has 0 aliphatic heterocycles. The van der Waals surface area contributed by atoms with Crippen LogP contribution in [0.4, 0.5) is 0 Å². The van der Waals surface area contributed by atoms with Gasteiger partial charge in [-0.1, -0.05) is 13.8 Å². The Hall–Kier alpha value is -2.69. The van der Waals surface area contributed by atoms with Gasteiger partial charge in [0, 0.05) is 12.8 Å². The quantitative estimate of drug-likeness (QED) is 0.220. The third-order valence-electron chi connectivity index (χ3n) is 3.64. The summed E-state index contributed by atoms with van der Waals surface area (Å²) in [6, 6.07) is -3.50. The van der Waals surface area contributed by atoms with Gasteiger partial charge in [0.15, 0.2) is 0 Å². The van der Waals surface area contributed by atoms with E-state index in [1.54, 1.807) is 13.8 Å². The number of amides is 3. The third-order valence-corrected chi connectivity index (χ3v) is 3.64.